The highest BCUT2D eigenvalue weighted by molar-refractivity contribution is 7.04. The molecule has 0 bridgehead atoms. The summed E-state index contributed by atoms with van der Waals surface area (Å²) < 4.78 is 3.95. The molecule has 0 aliphatic rings. The molecule has 1 radical (unpaired) electrons. The largest absolute Gasteiger partial charge is 0.216 e. The molecule has 11 heavy (non-hydrogen) atoms. The topological polar surface area (TPSA) is 49.6 Å². The van der Waals surface area contributed by atoms with E-state index in [0.717, 1.165) is 5.39 Å². The van der Waals surface area contributed by atoms with Crippen LogP contribution >= 0.6 is 11.5 Å². The number of hydrogen-bond acceptors (Lipinski definition) is 4. The van der Waals surface area contributed by atoms with Crippen molar-refractivity contribution in [3.63, 3.8) is 0 Å². The molecule has 2 aromatic heterocycles. The average molecular weight is 160 g/mol. The highest BCUT2D eigenvalue weighted by Crippen LogP contribution is 2.11. The van der Waals surface area contributed by atoms with Gasteiger partial charge in [0.05, 0.1) is 5.38 Å². The number of pyridine rings is 1. The molecule has 2 aromatic rings. The Morgan fingerprint density at radius 3 is 3.27 bits per heavy atom. The molecule has 0 aromatic carbocycles. The molecule has 0 aliphatic heterocycles. The van der Waals surface area contributed by atoms with Gasteiger partial charge < -0.3 is 0 Å². The molecule has 0 saturated heterocycles. The molecule has 0 N–H and O–H groups in total. The fourth-order valence-corrected chi connectivity index (χ4v) is 1.30. The van der Waals surface area contributed by atoms with E-state index in [4.69, 9.17) is 5.26 Å². The Balaban J connectivity index is 2.79. The summed E-state index contributed by atoms with van der Waals surface area (Å²) >= 11 is 1.23. The number of nitrogens with zero attached hydrogens (tertiary/aromatic N) is 3. The van der Waals surface area contributed by atoms with E-state index < -0.39 is 0 Å². The minimum Gasteiger partial charge on any atom is -0.216 e. The third-order valence-electron chi connectivity index (χ3n) is 1.28. The highest BCUT2D eigenvalue weighted by atomic mass is 32.1. The van der Waals surface area contributed by atoms with E-state index in [2.05, 4.69) is 14.7 Å². The summed E-state index contributed by atoms with van der Waals surface area (Å²) in [7, 11) is 0. The monoisotopic (exact) mass is 160 g/mol. The molecule has 0 spiro atoms. The smallest absolute Gasteiger partial charge is 0.174 e. The Morgan fingerprint density at radius 2 is 2.45 bits per heavy atom. The molecule has 0 aliphatic carbocycles. The van der Waals surface area contributed by atoms with Crippen LogP contribution < -0.4 is 0 Å². The van der Waals surface area contributed by atoms with E-state index in [1.807, 2.05) is 6.07 Å². The highest BCUT2D eigenvalue weighted by Gasteiger charge is 1.98. The van der Waals surface area contributed by atoms with Crippen LogP contribution in [0, 0.1) is 16.7 Å². The second-order valence-corrected chi connectivity index (χ2v) is 2.53. The first-order valence-electron chi connectivity index (χ1n) is 2.94. The zero-order chi connectivity index (χ0) is 7.68. The molecule has 0 atom stereocenters. The van der Waals surface area contributed by atoms with Crippen molar-refractivity contribution in [2.45, 2.75) is 0 Å². The van der Waals surface area contributed by atoms with Gasteiger partial charge in [-0.2, -0.15) is 9.64 Å². The summed E-state index contributed by atoms with van der Waals surface area (Å²) in [4.78, 5) is 3.96. The second kappa shape index (κ2) is 2.29. The Kier molecular flexibility index (Phi) is 1.30. The molecule has 0 unspecified atom stereocenters. The van der Waals surface area contributed by atoms with Crippen molar-refractivity contribution in [1.82, 2.24) is 9.36 Å². The van der Waals surface area contributed by atoms with Crippen LogP contribution in [-0.2, 0) is 0 Å². The van der Waals surface area contributed by atoms with Gasteiger partial charge in [0.2, 0.25) is 0 Å². The standard InChI is InChI=1S/C7H2N3S/c8-3-6-2-1-5-4-11-10-7(5)9-6/h1-2H. The van der Waals surface area contributed by atoms with Crippen LogP contribution in [0.15, 0.2) is 12.1 Å². The number of nitriles is 1. The van der Waals surface area contributed by atoms with Crippen LogP contribution in [0.2, 0.25) is 0 Å². The van der Waals surface area contributed by atoms with Gasteiger partial charge in [-0.05, 0) is 23.7 Å². The van der Waals surface area contributed by atoms with E-state index in [0.29, 0.717) is 11.3 Å². The zero-order valence-electron chi connectivity index (χ0n) is 5.40. The second-order valence-electron chi connectivity index (χ2n) is 1.96. The van der Waals surface area contributed by atoms with Gasteiger partial charge in [0.25, 0.3) is 0 Å². The van der Waals surface area contributed by atoms with Crippen LogP contribution in [0.1, 0.15) is 5.69 Å². The van der Waals surface area contributed by atoms with Crippen molar-refractivity contribution in [3.05, 3.63) is 23.2 Å². The summed E-state index contributed by atoms with van der Waals surface area (Å²) in [6.07, 6.45) is 0. The van der Waals surface area contributed by atoms with Gasteiger partial charge in [-0.1, -0.05) is 0 Å². The minimum absolute atomic E-state index is 0.400. The number of aromatic nitrogens is 2. The summed E-state index contributed by atoms with van der Waals surface area (Å²) in [6.45, 7) is 0. The van der Waals surface area contributed by atoms with Crippen molar-refractivity contribution < 1.29 is 0 Å². The van der Waals surface area contributed by atoms with Crippen LogP contribution in [0.5, 0.6) is 0 Å². The SMILES string of the molecule is N#Cc1ccc2[c]snc2n1. The van der Waals surface area contributed by atoms with E-state index in [1.165, 1.54) is 11.5 Å². The molecule has 2 rings (SSSR count). The molecule has 3 nitrogen and oxygen atoms in total. The van der Waals surface area contributed by atoms with E-state index in [-0.39, 0.29) is 0 Å². The molecule has 0 fully saturated rings. The number of hydrogen-bond donors (Lipinski definition) is 0. The maximum atomic E-state index is 8.49. The van der Waals surface area contributed by atoms with Crippen LogP contribution in [0.3, 0.4) is 0 Å². The summed E-state index contributed by atoms with van der Waals surface area (Å²) in [5.41, 5.74) is 1.01. The van der Waals surface area contributed by atoms with Gasteiger partial charge in [0.1, 0.15) is 11.8 Å². The first kappa shape index (κ1) is 6.25. The van der Waals surface area contributed by atoms with E-state index >= 15 is 0 Å². The van der Waals surface area contributed by atoms with Crippen molar-refractivity contribution in [1.29, 1.82) is 5.26 Å². The predicted octanol–water partition coefficient (Wildman–Crippen LogP) is 1.36. The summed E-state index contributed by atoms with van der Waals surface area (Å²) in [6, 6.07) is 5.40. The summed E-state index contributed by atoms with van der Waals surface area (Å²) in [5, 5.41) is 12.3. The molecule has 4 heteroatoms. The number of rotatable bonds is 0. The maximum Gasteiger partial charge on any atom is 0.174 e. The van der Waals surface area contributed by atoms with Gasteiger partial charge >= 0.3 is 0 Å². The Bertz CT molecular complexity index is 426. The fourth-order valence-electron chi connectivity index (χ4n) is 0.775. The van der Waals surface area contributed by atoms with Gasteiger partial charge in [-0.15, -0.1) is 0 Å². The summed E-state index contributed by atoms with van der Waals surface area (Å²) in [5.74, 6) is 0. The quantitative estimate of drug-likeness (QED) is 0.584. The van der Waals surface area contributed by atoms with E-state index in [1.54, 1.807) is 12.1 Å². The van der Waals surface area contributed by atoms with Crippen LogP contribution in [0.25, 0.3) is 11.0 Å². The Morgan fingerprint density at radius 1 is 1.55 bits per heavy atom. The molecule has 51 valence electrons. The third kappa shape index (κ3) is 0.954. The lowest BCUT2D eigenvalue weighted by Crippen LogP contribution is -1.81. The van der Waals surface area contributed by atoms with E-state index in [9.17, 15) is 0 Å². The maximum absolute atomic E-state index is 8.49. The van der Waals surface area contributed by atoms with Gasteiger partial charge in [-0.3, -0.25) is 0 Å². The molecular weight excluding hydrogens is 158 g/mol. The van der Waals surface area contributed by atoms with Crippen molar-refractivity contribution in [3.8, 4) is 6.07 Å². The lowest BCUT2D eigenvalue weighted by atomic mass is 10.3. The molecule has 0 amide bonds. The first-order valence-corrected chi connectivity index (χ1v) is 3.72. The molecular formula is C7H2N3S. The predicted molar refractivity (Wildman–Crippen MR) is 41.0 cm³/mol. The van der Waals surface area contributed by atoms with Crippen molar-refractivity contribution in [2.75, 3.05) is 0 Å². The Hall–Kier alpha value is -1.47. The zero-order valence-corrected chi connectivity index (χ0v) is 6.22. The average Bonchev–Trinajstić information content (AvgIpc) is 2.50. The molecule has 2 heterocycles. The lowest BCUT2D eigenvalue weighted by molar-refractivity contribution is 1.30. The molecule has 0 saturated carbocycles. The minimum atomic E-state index is 0.400. The van der Waals surface area contributed by atoms with Gasteiger partial charge in [0, 0.05) is 5.39 Å². The normalized spacial score (nSPS) is 9.73. The van der Waals surface area contributed by atoms with Crippen molar-refractivity contribution >= 4 is 22.6 Å². The lowest BCUT2D eigenvalue weighted by Gasteiger charge is -1.85. The van der Waals surface area contributed by atoms with Gasteiger partial charge in [-0.25, -0.2) is 4.98 Å². The van der Waals surface area contributed by atoms with Crippen LogP contribution in [-0.4, -0.2) is 9.36 Å². The van der Waals surface area contributed by atoms with Crippen molar-refractivity contribution in [2.24, 2.45) is 0 Å². The Labute approximate surface area is 67.1 Å². The first-order chi connectivity index (χ1) is 5.40. The fraction of sp³-hybridized carbons (Fsp3) is 0. The third-order valence-corrected chi connectivity index (χ3v) is 1.85. The number of fused-ring (bicyclic) bond motifs is 1. The van der Waals surface area contributed by atoms with Gasteiger partial charge in [0.15, 0.2) is 5.65 Å². The van der Waals surface area contributed by atoms with Crippen LogP contribution in [0.4, 0.5) is 0 Å².